The van der Waals surface area contributed by atoms with E-state index < -0.39 is 16.1 Å². The van der Waals surface area contributed by atoms with Crippen molar-refractivity contribution in [1.82, 2.24) is 9.29 Å². The molecule has 4 rings (SSSR count). The fourth-order valence-electron chi connectivity index (χ4n) is 3.91. The number of carbonyl (C=O) groups excluding carboxylic acids is 1. The topological polar surface area (TPSA) is 102 Å². The molecule has 0 bridgehead atoms. The van der Waals surface area contributed by atoms with Crippen LogP contribution in [0.3, 0.4) is 0 Å². The van der Waals surface area contributed by atoms with Gasteiger partial charge >= 0.3 is 6.09 Å². The normalized spacial score (nSPS) is 18.7. The third-order valence-corrected chi connectivity index (χ3v) is 8.36. The standard InChI is InChI=1S/C21H27N3O5S/c25-21(28-14-19-13-22-15-29-19)23-18-6-4-16(5-7-18)12-17-8-10-24(11-9-17)30(26,27)20-2-1-3-20/h4-7,13,15,17,20H,1-3,8-12,14H2,(H,23,25). The van der Waals surface area contributed by atoms with Crippen LogP contribution in [-0.4, -0.2) is 42.1 Å². The van der Waals surface area contributed by atoms with Gasteiger partial charge in [-0.15, -0.1) is 0 Å². The van der Waals surface area contributed by atoms with Crippen LogP contribution in [0, 0.1) is 5.92 Å². The van der Waals surface area contributed by atoms with Crippen LogP contribution in [0.2, 0.25) is 0 Å². The lowest BCUT2D eigenvalue weighted by Crippen LogP contribution is -2.45. The van der Waals surface area contributed by atoms with Crippen molar-refractivity contribution in [3.63, 3.8) is 0 Å². The number of rotatable bonds is 7. The van der Waals surface area contributed by atoms with Crippen LogP contribution in [-0.2, 0) is 27.8 Å². The first-order valence-corrected chi connectivity index (χ1v) is 11.9. The second-order valence-electron chi connectivity index (χ2n) is 8.01. The Morgan fingerprint density at radius 3 is 2.50 bits per heavy atom. The van der Waals surface area contributed by atoms with E-state index in [1.807, 2.05) is 24.3 Å². The van der Waals surface area contributed by atoms with Gasteiger partial charge in [-0.1, -0.05) is 18.6 Å². The van der Waals surface area contributed by atoms with Crippen LogP contribution in [0.5, 0.6) is 0 Å². The molecule has 2 fully saturated rings. The molecule has 0 spiro atoms. The van der Waals surface area contributed by atoms with Gasteiger partial charge in [0.05, 0.1) is 11.4 Å². The van der Waals surface area contributed by atoms with Crippen LogP contribution in [0.15, 0.2) is 41.3 Å². The highest BCUT2D eigenvalue weighted by Gasteiger charge is 2.37. The lowest BCUT2D eigenvalue weighted by Gasteiger charge is -2.36. The molecule has 30 heavy (non-hydrogen) atoms. The number of ether oxygens (including phenoxy) is 1. The molecular formula is C21H27N3O5S. The fraction of sp³-hybridized carbons (Fsp3) is 0.524. The molecule has 1 saturated heterocycles. The second-order valence-corrected chi connectivity index (χ2v) is 10.2. The number of nitrogens with zero attached hydrogens (tertiary/aromatic N) is 2. The smallest absolute Gasteiger partial charge is 0.412 e. The zero-order valence-corrected chi connectivity index (χ0v) is 17.6. The Hall–Kier alpha value is -2.39. The summed E-state index contributed by atoms with van der Waals surface area (Å²) < 4.78 is 36.9. The molecule has 1 aliphatic carbocycles. The number of amides is 1. The van der Waals surface area contributed by atoms with Gasteiger partial charge in [0, 0.05) is 18.8 Å². The van der Waals surface area contributed by atoms with Crippen LogP contribution >= 0.6 is 0 Å². The summed E-state index contributed by atoms with van der Waals surface area (Å²) in [7, 11) is -3.09. The van der Waals surface area contributed by atoms with Crippen molar-refractivity contribution in [3.05, 3.63) is 48.2 Å². The van der Waals surface area contributed by atoms with Crippen LogP contribution in [0.4, 0.5) is 10.5 Å². The number of hydrogen-bond acceptors (Lipinski definition) is 6. The Balaban J connectivity index is 1.21. The molecule has 1 aliphatic heterocycles. The minimum absolute atomic E-state index is 0.0269. The molecule has 2 aromatic rings. The summed E-state index contributed by atoms with van der Waals surface area (Å²) >= 11 is 0. The first-order valence-electron chi connectivity index (χ1n) is 10.4. The summed E-state index contributed by atoms with van der Waals surface area (Å²) in [4.78, 5) is 15.6. The summed E-state index contributed by atoms with van der Waals surface area (Å²) in [5, 5.41) is 2.54. The lowest BCUT2D eigenvalue weighted by atomic mass is 9.91. The number of oxazole rings is 1. The Morgan fingerprint density at radius 2 is 1.90 bits per heavy atom. The summed E-state index contributed by atoms with van der Waals surface area (Å²) in [5.41, 5.74) is 1.83. The van der Waals surface area contributed by atoms with Gasteiger partial charge in [-0.05, 0) is 55.7 Å². The van der Waals surface area contributed by atoms with Gasteiger partial charge in [0.15, 0.2) is 18.8 Å². The summed E-state index contributed by atoms with van der Waals surface area (Å²) in [5.74, 6) is 0.954. The van der Waals surface area contributed by atoms with Crippen molar-refractivity contribution >= 4 is 21.8 Å². The van der Waals surface area contributed by atoms with E-state index in [-0.39, 0.29) is 11.9 Å². The van der Waals surface area contributed by atoms with Crippen molar-refractivity contribution in [2.45, 2.75) is 50.4 Å². The highest BCUT2D eigenvalue weighted by Crippen LogP contribution is 2.31. The quantitative estimate of drug-likeness (QED) is 0.716. The number of hydrogen-bond donors (Lipinski definition) is 1. The number of sulfonamides is 1. The second kappa shape index (κ2) is 9.18. The molecule has 8 nitrogen and oxygen atoms in total. The zero-order valence-electron chi connectivity index (χ0n) is 16.8. The Bertz CT molecular complexity index is 932. The molecule has 1 aromatic heterocycles. The highest BCUT2D eigenvalue weighted by atomic mass is 32.2. The molecule has 2 aliphatic rings. The molecule has 9 heteroatoms. The van der Waals surface area contributed by atoms with Gasteiger partial charge < -0.3 is 9.15 Å². The van der Waals surface area contributed by atoms with Gasteiger partial charge in [-0.25, -0.2) is 22.5 Å². The molecule has 1 amide bonds. The maximum Gasteiger partial charge on any atom is 0.412 e. The molecule has 0 atom stereocenters. The Labute approximate surface area is 176 Å². The molecule has 162 valence electrons. The average molecular weight is 434 g/mol. The first kappa shape index (κ1) is 20.9. The molecule has 1 aromatic carbocycles. The third kappa shape index (κ3) is 5.02. The largest absolute Gasteiger partial charge is 0.445 e. The maximum absolute atomic E-state index is 12.5. The summed E-state index contributed by atoms with van der Waals surface area (Å²) in [6, 6.07) is 7.68. The van der Waals surface area contributed by atoms with E-state index in [2.05, 4.69) is 10.3 Å². The predicted octanol–water partition coefficient (Wildman–Crippen LogP) is 3.56. The van der Waals surface area contributed by atoms with Crippen molar-refractivity contribution in [2.24, 2.45) is 5.92 Å². The van der Waals surface area contributed by atoms with Gasteiger partial charge in [-0.3, -0.25) is 5.32 Å². The van der Waals surface area contributed by atoms with Crippen molar-refractivity contribution < 1.29 is 22.4 Å². The van der Waals surface area contributed by atoms with E-state index in [1.54, 1.807) is 4.31 Å². The van der Waals surface area contributed by atoms with Crippen molar-refractivity contribution in [1.29, 1.82) is 0 Å². The van der Waals surface area contributed by atoms with Gasteiger partial charge in [0.1, 0.15) is 0 Å². The molecule has 0 unspecified atom stereocenters. The van der Waals surface area contributed by atoms with E-state index in [0.29, 0.717) is 30.5 Å². The van der Waals surface area contributed by atoms with E-state index in [4.69, 9.17) is 9.15 Å². The average Bonchev–Trinajstić information content (AvgIpc) is 3.20. The minimum atomic E-state index is -3.09. The number of piperidine rings is 1. The van der Waals surface area contributed by atoms with Crippen molar-refractivity contribution in [2.75, 3.05) is 18.4 Å². The molecular weight excluding hydrogens is 406 g/mol. The monoisotopic (exact) mass is 433 g/mol. The van der Waals surface area contributed by atoms with E-state index >= 15 is 0 Å². The number of nitrogens with one attached hydrogen (secondary N) is 1. The SMILES string of the molecule is O=C(Nc1ccc(CC2CCN(S(=O)(=O)C3CCC3)CC2)cc1)OCc1cnco1. The van der Waals surface area contributed by atoms with Gasteiger partial charge in [-0.2, -0.15) is 0 Å². The predicted molar refractivity (Wildman–Crippen MR) is 111 cm³/mol. The Morgan fingerprint density at radius 1 is 1.17 bits per heavy atom. The van der Waals surface area contributed by atoms with E-state index in [9.17, 15) is 13.2 Å². The molecule has 2 heterocycles. The van der Waals surface area contributed by atoms with Crippen LogP contribution in [0.25, 0.3) is 0 Å². The van der Waals surface area contributed by atoms with E-state index in [0.717, 1.165) is 38.5 Å². The number of aromatic nitrogens is 1. The molecule has 1 N–H and O–H groups in total. The van der Waals surface area contributed by atoms with Crippen LogP contribution in [0.1, 0.15) is 43.4 Å². The lowest BCUT2D eigenvalue weighted by molar-refractivity contribution is 0.146. The highest BCUT2D eigenvalue weighted by molar-refractivity contribution is 7.89. The summed E-state index contributed by atoms with van der Waals surface area (Å²) in [6.07, 6.45) is 7.57. The minimum Gasteiger partial charge on any atom is -0.445 e. The first-order chi connectivity index (χ1) is 14.5. The maximum atomic E-state index is 12.5. The van der Waals surface area contributed by atoms with Crippen molar-refractivity contribution in [3.8, 4) is 0 Å². The number of anilines is 1. The van der Waals surface area contributed by atoms with Crippen LogP contribution < -0.4 is 5.32 Å². The Kier molecular flexibility index (Phi) is 6.38. The van der Waals surface area contributed by atoms with E-state index in [1.165, 1.54) is 18.2 Å². The fourth-order valence-corrected chi connectivity index (χ4v) is 5.98. The number of benzene rings is 1. The zero-order chi connectivity index (χ0) is 21.0. The number of carbonyl (C=O) groups is 1. The molecule has 1 saturated carbocycles. The van der Waals surface area contributed by atoms with Gasteiger partial charge in [0.25, 0.3) is 0 Å². The van der Waals surface area contributed by atoms with Gasteiger partial charge in [0.2, 0.25) is 10.0 Å². The third-order valence-electron chi connectivity index (χ3n) is 5.96. The molecule has 0 radical (unpaired) electrons. The summed E-state index contributed by atoms with van der Waals surface area (Å²) in [6.45, 7) is 1.28.